The Morgan fingerprint density at radius 1 is 1.28 bits per heavy atom. The second-order valence-corrected chi connectivity index (χ2v) is 5.94. The molecule has 0 unspecified atom stereocenters. The lowest BCUT2D eigenvalue weighted by molar-refractivity contribution is 1.35. The van der Waals surface area contributed by atoms with Crippen molar-refractivity contribution in [2.75, 3.05) is 5.73 Å². The van der Waals surface area contributed by atoms with Gasteiger partial charge in [0.1, 0.15) is 10.7 Å². The molecule has 0 amide bonds. The second kappa shape index (κ2) is 4.68. The summed E-state index contributed by atoms with van der Waals surface area (Å²) in [6.45, 7) is 0. The molecule has 0 aliphatic rings. The van der Waals surface area contributed by atoms with Gasteiger partial charge in [-0.1, -0.05) is 35.1 Å². The summed E-state index contributed by atoms with van der Waals surface area (Å²) in [5.41, 5.74) is 7.66. The topological polar surface area (TPSA) is 51.8 Å². The highest BCUT2D eigenvalue weighted by molar-refractivity contribution is 7.20. The molecule has 0 saturated carbocycles. The van der Waals surface area contributed by atoms with Gasteiger partial charge in [-0.05, 0) is 17.7 Å². The van der Waals surface area contributed by atoms with Crippen LogP contribution in [0.2, 0.25) is 5.02 Å². The van der Waals surface area contributed by atoms with Crippen LogP contribution in [0, 0.1) is 0 Å². The van der Waals surface area contributed by atoms with Gasteiger partial charge >= 0.3 is 0 Å². The third-order valence-electron chi connectivity index (χ3n) is 2.37. The van der Waals surface area contributed by atoms with Gasteiger partial charge < -0.3 is 5.73 Å². The van der Waals surface area contributed by atoms with Crippen LogP contribution in [0.5, 0.6) is 0 Å². The standard InChI is InChI=1S/C12H8ClN3S2/c13-8-3-1-2-7(6-8)10-9(16-12(14)18-10)11-15-4-5-17-11/h1-6H,(H2,14,16). The fraction of sp³-hybridized carbons (Fsp3) is 0. The lowest BCUT2D eigenvalue weighted by Gasteiger charge is -2.00. The summed E-state index contributed by atoms with van der Waals surface area (Å²) in [7, 11) is 0. The molecule has 3 aromatic rings. The van der Waals surface area contributed by atoms with Gasteiger partial charge in [-0.25, -0.2) is 9.97 Å². The van der Waals surface area contributed by atoms with E-state index in [9.17, 15) is 0 Å². The van der Waals surface area contributed by atoms with E-state index < -0.39 is 0 Å². The first-order valence-electron chi connectivity index (χ1n) is 5.16. The Morgan fingerprint density at radius 2 is 2.17 bits per heavy atom. The summed E-state index contributed by atoms with van der Waals surface area (Å²) < 4.78 is 0. The lowest BCUT2D eigenvalue weighted by Crippen LogP contribution is -1.83. The van der Waals surface area contributed by atoms with Gasteiger partial charge in [0.05, 0.1) is 4.88 Å². The molecule has 3 nitrogen and oxygen atoms in total. The SMILES string of the molecule is Nc1nc(-c2nccs2)c(-c2cccc(Cl)c2)s1. The van der Waals surface area contributed by atoms with Crippen molar-refractivity contribution in [3.05, 3.63) is 40.9 Å². The van der Waals surface area contributed by atoms with E-state index in [-0.39, 0.29) is 0 Å². The van der Waals surface area contributed by atoms with Gasteiger partial charge in [0.25, 0.3) is 0 Å². The first-order valence-corrected chi connectivity index (χ1v) is 7.23. The monoisotopic (exact) mass is 293 g/mol. The van der Waals surface area contributed by atoms with Crippen molar-refractivity contribution in [3.8, 4) is 21.1 Å². The summed E-state index contributed by atoms with van der Waals surface area (Å²) >= 11 is 9.01. The maximum absolute atomic E-state index is 6.02. The molecule has 0 radical (unpaired) electrons. The molecule has 18 heavy (non-hydrogen) atoms. The highest BCUT2D eigenvalue weighted by atomic mass is 35.5. The van der Waals surface area contributed by atoms with E-state index in [0.29, 0.717) is 10.2 Å². The van der Waals surface area contributed by atoms with E-state index in [2.05, 4.69) is 9.97 Å². The molecular formula is C12H8ClN3S2. The molecule has 0 fully saturated rings. The van der Waals surface area contributed by atoms with Crippen molar-refractivity contribution in [2.24, 2.45) is 0 Å². The van der Waals surface area contributed by atoms with Crippen LogP contribution in [0.4, 0.5) is 5.13 Å². The van der Waals surface area contributed by atoms with E-state index in [1.165, 1.54) is 11.3 Å². The predicted octanol–water partition coefficient (Wildman–Crippen LogP) is 4.17. The highest BCUT2D eigenvalue weighted by Gasteiger charge is 2.15. The molecule has 90 valence electrons. The highest BCUT2D eigenvalue weighted by Crippen LogP contribution is 2.39. The van der Waals surface area contributed by atoms with Gasteiger partial charge in [-0.2, -0.15) is 0 Å². The molecule has 0 aliphatic carbocycles. The van der Waals surface area contributed by atoms with Crippen LogP contribution < -0.4 is 5.73 Å². The van der Waals surface area contributed by atoms with E-state index in [0.717, 1.165) is 21.1 Å². The number of aromatic nitrogens is 2. The molecule has 0 spiro atoms. The van der Waals surface area contributed by atoms with Gasteiger partial charge in [-0.3, -0.25) is 0 Å². The van der Waals surface area contributed by atoms with Crippen molar-refractivity contribution < 1.29 is 0 Å². The molecule has 2 aromatic heterocycles. The third kappa shape index (κ3) is 2.12. The number of hydrogen-bond donors (Lipinski definition) is 1. The van der Waals surface area contributed by atoms with Crippen LogP contribution >= 0.6 is 34.3 Å². The van der Waals surface area contributed by atoms with Crippen molar-refractivity contribution >= 4 is 39.4 Å². The van der Waals surface area contributed by atoms with Crippen LogP contribution in [-0.4, -0.2) is 9.97 Å². The average molecular weight is 294 g/mol. The summed E-state index contributed by atoms with van der Waals surface area (Å²) in [4.78, 5) is 9.65. The quantitative estimate of drug-likeness (QED) is 0.771. The molecular weight excluding hydrogens is 286 g/mol. The number of benzene rings is 1. The van der Waals surface area contributed by atoms with E-state index in [4.69, 9.17) is 17.3 Å². The van der Waals surface area contributed by atoms with Gasteiger partial charge in [0.2, 0.25) is 0 Å². The number of halogens is 1. The Kier molecular flexibility index (Phi) is 3.03. The van der Waals surface area contributed by atoms with E-state index in [1.54, 1.807) is 17.5 Å². The van der Waals surface area contributed by atoms with Crippen molar-refractivity contribution in [1.82, 2.24) is 9.97 Å². The van der Waals surface area contributed by atoms with Crippen LogP contribution in [0.25, 0.3) is 21.1 Å². The summed E-state index contributed by atoms with van der Waals surface area (Å²) in [6.07, 6.45) is 1.76. The first kappa shape index (κ1) is 11.6. The predicted molar refractivity (Wildman–Crippen MR) is 78.1 cm³/mol. The first-order chi connectivity index (χ1) is 8.74. The Morgan fingerprint density at radius 3 is 2.89 bits per heavy atom. The minimum atomic E-state index is 0.537. The minimum Gasteiger partial charge on any atom is -0.375 e. The van der Waals surface area contributed by atoms with E-state index >= 15 is 0 Å². The molecule has 0 bridgehead atoms. The number of anilines is 1. The summed E-state index contributed by atoms with van der Waals surface area (Å²) in [6, 6.07) is 7.67. The van der Waals surface area contributed by atoms with Gasteiger partial charge in [-0.15, -0.1) is 11.3 Å². The maximum atomic E-state index is 6.02. The Bertz CT molecular complexity index is 676. The van der Waals surface area contributed by atoms with Crippen LogP contribution in [-0.2, 0) is 0 Å². The number of nitrogen functional groups attached to an aromatic ring is 1. The lowest BCUT2D eigenvalue weighted by atomic mass is 10.1. The van der Waals surface area contributed by atoms with Crippen molar-refractivity contribution in [1.29, 1.82) is 0 Å². The summed E-state index contributed by atoms with van der Waals surface area (Å²) in [5, 5.41) is 4.03. The van der Waals surface area contributed by atoms with E-state index in [1.807, 2.05) is 29.6 Å². The second-order valence-electron chi connectivity index (χ2n) is 3.58. The number of hydrogen-bond acceptors (Lipinski definition) is 5. The Balaban J connectivity index is 2.18. The molecule has 2 N–H and O–H groups in total. The zero-order valence-corrected chi connectivity index (χ0v) is 11.5. The third-order valence-corrected chi connectivity index (χ3v) is 4.31. The smallest absolute Gasteiger partial charge is 0.181 e. The van der Waals surface area contributed by atoms with Crippen molar-refractivity contribution in [2.45, 2.75) is 0 Å². The van der Waals surface area contributed by atoms with Crippen LogP contribution in [0.1, 0.15) is 0 Å². The number of nitrogens with two attached hydrogens (primary N) is 1. The van der Waals surface area contributed by atoms with Crippen LogP contribution in [0.15, 0.2) is 35.8 Å². The zero-order chi connectivity index (χ0) is 12.5. The number of rotatable bonds is 2. The fourth-order valence-electron chi connectivity index (χ4n) is 1.65. The molecule has 0 aliphatic heterocycles. The average Bonchev–Trinajstić information content (AvgIpc) is 2.97. The molecule has 0 atom stereocenters. The number of thiazole rings is 2. The molecule has 0 saturated heterocycles. The van der Waals surface area contributed by atoms with Gasteiger partial charge in [0, 0.05) is 16.6 Å². The number of nitrogens with zero attached hydrogens (tertiary/aromatic N) is 2. The van der Waals surface area contributed by atoms with Gasteiger partial charge in [0.15, 0.2) is 5.13 Å². The maximum Gasteiger partial charge on any atom is 0.181 e. The fourth-order valence-corrected chi connectivity index (χ4v) is 3.36. The molecule has 6 heteroatoms. The summed E-state index contributed by atoms with van der Waals surface area (Å²) in [5.74, 6) is 0. The molecule has 1 aromatic carbocycles. The zero-order valence-electron chi connectivity index (χ0n) is 9.13. The molecule has 2 heterocycles. The normalized spacial score (nSPS) is 10.7. The Labute approximate surface area is 117 Å². The van der Waals surface area contributed by atoms with Crippen LogP contribution in [0.3, 0.4) is 0 Å². The van der Waals surface area contributed by atoms with Crippen molar-refractivity contribution in [3.63, 3.8) is 0 Å². The minimum absolute atomic E-state index is 0.537. The Hall–Kier alpha value is -1.43. The molecule has 3 rings (SSSR count). The largest absolute Gasteiger partial charge is 0.375 e.